The molecule has 0 saturated heterocycles. The maximum Gasteiger partial charge on any atom is 0.250 e. The Balaban J connectivity index is 2.11. The van der Waals surface area contributed by atoms with Crippen LogP contribution in [0.4, 0.5) is 8.78 Å². The molecule has 78 valence electrons. The second kappa shape index (κ2) is 5.53. The quantitative estimate of drug-likeness (QED) is 0.720. The highest BCUT2D eigenvalue weighted by Gasteiger charge is 2.20. The van der Waals surface area contributed by atoms with Crippen molar-refractivity contribution in [1.82, 2.24) is 5.32 Å². The van der Waals surface area contributed by atoms with Gasteiger partial charge in [-0.25, -0.2) is 8.78 Å². The van der Waals surface area contributed by atoms with Crippen LogP contribution in [0.3, 0.4) is 0 Å². The molecule has 1 rings (SSSR count). The van der Waals surface area contributed by atoms with Gasteiger partial charge in [-0.2, -0.15) is 0 Å². The fourth-order valence-corrected chi connectivity index (χ4v) is 2.07. The van der Waals surface area contributed by atoms with Crippen LogP contribution < -0.4 is 5.32 Å². The van der Waals surface area contributed by atoms with Crippen LogP contribution in [0, 0.1) is 11.8 Å². The predicted octanol–water partition coefficient (Wildman–Crippen LogP) is 2.67. The first-order valence-electron chi connectivity index (χ1n) is 5.19. The molecule has 0 bridgehead atoms. The fourth-order valence-electron chi connectivity index (χ4n) is 2.07. The highest BCUT2D eigenvalue weighted by atomic mass is 19.3. The number of alkyl halides is 2. The molecule has 0 heterocycles. The minimum absolute atomic E-state index is 0.150. The van der Waals surface area contributed by atoms with Crippen molar-refractivity contribution in [2.75, 3.05) is 13.1 Å². The average Bonchev–Trinajstić information content (AvgIpc) is 2.08. The summed E-state index contributed by atoms with van der Waals surface area (Å²) in [6, 6.07) is 0. The maximum absolute atomic E-state index is 11.8. The van der Waals surface area contributed by atoms with Gasteiger partial charge in [-0.05, 0) is 24.8 Å². The summed E-state index contributed by atoms with van der Waals surface area (Å²) in [5.41, 5.74) is 0. The van der Waals surface area contributed by atoms with Crippen LogP contribution in [0.2, 0.25) is 0 Å². The topological polar surface area (TPSA) is 12.0 Å². The second-order valence-electron chi connectivity index (χ2n) is 4.07. The lowest BCUT2D eigenvalue weighted by Crippen LogP contribution is -2.32. The van der Waals surface area contributed by atoms with Crippen LogP contribution in [0.15, 0.2) is 0 Å². The number of halogens is 2. The Morgan fingerprint density at radius 3 is 2.62 bits per heavy atom. The molecule has 0 aromatic carbocycles. The van der Waals surface area contributed by atoms with Crippen molar-refractivity contribution >= 4 is 0 Å². The molecule has 1 nitrogen and oxygen atoms in total. The largest absolute Gasteiger partial charge is 0.311 e. The number of hydrogen-bond acceptors (Lipinski definition) is 1. The lowest BCUT2D eigenvalue weighted by Gasteiger charge is -2.28. The summed E-state index contributed by atoms with van der Waals surface area (Å²) in [5, 5.41) is 2.83. The van der Waals surface area contributed by atoms with Gasteiger partial charge in [0, 0.05) is 0 Å². The Morgan fingerprint density at radius 1 is 1.31 bits per heavy atom. The van der Waals surface area contributed by atoms with Gasteiger partial charge in [-0.3, -0.25) is 0 Å². The van der Waals surface area contributed by atoms with E-state index in [-0.39, 0.29) is 6.54 Å². The van der Waals surface area contributed by atoms with E-state index in [1.54, 1.807) is 0 Å². The molecule has 2 atom stereocenters. The van der Waals surface area contributed by atoms with Crippen LogP contribution in [0.25, 0.3) is 0 Å². The normalized spacial score (nSPS) is 29.5. The van der Waals surface area contributed by atoms with E-state index >= 15 is 0 Å². The summed E-state index contributed by atoms with van der Waals surface area (Å²) in [5.74, 6) is 1.33. The van der Waals surface area contributed by atoms with E-state index in [9.17, 15) is 8.78 Å². The van der Waals surface area contributed by atoms with E-state index in [1.807, 2.05) is 0 Å². The van der Waals surface area contributed by atoms with E-state index in [1.165, 1.54) is 25.7 Å². The Kier molecular flexibility index (Phi) is 4.64. The zero-order valence-electron chi connectivity index (χ0n) is 8.23. The molecule has 0 radical (unpaired) electrons. The fraction of sp³-hybridized carbons (Fsp3) is 1.00. The first kappa shape index (κ1) is 10.9. The summed E-state index contributed by atoms with van der Waals surface area (Å²) < 4.78 is 23.6. The van der Waals surface area contributed by atoms with E-state index in [0.29, 0.717) is 11.8 Å². The molecule has 1 N–H and O–H groups in total. The third-order valence-electron chi connectivity index (χ3n) is 2.99. The van der Waals surface area contributed by atoms with Crippen molar-refractivity contribution in [2.45, 2.75) is 39.0 Å². The van der Waals surface area contributed by atoms with Gasteiger partial charge < -0.3 is 5.32 Å². The summed E-state index contributed by atoms with van der Waals surface area (Å²) in [7, 11) is 0. The standard InChI is InChI=1S/C10H19F2N/c1-8-4-2-3-5-9(8)6-13-7-10(11)12/h8-10,13H,2-7H2,1H3. The van der Waals surface area contributed by atoms with Gasteiger partial charge in [0.15, 0.2) is 0 Å². The van der Waals surface area contributed by atoms with Gasteiger partial charge >= 0.3 is 0 Å². The summed E-state index contributed by atoms with van der Waals surface area (Å²) in [4.78, 5) is 0. The van der Waals surface area contributed by atoms with E-state index in [4.69, 9.17) is 0 Å². The van der Waals surface area contributed by atoms with Gasteiger partial charge in [0.1, 0.15) is 0 Å². The van der Waals surface area contributed by atoms with Crippen LogP contribution in [-0.4, -0.2) is 19.5 Å². The Morgan fingerprint density at radius 2 is 2.00 bits per heavy atom. The van der Waals surface area contributed by atoms with Crippen molar-refractivity contribution in [3.05, 3.63) is 0 Å². The van der Waals surface area contributed by atoms with E-state index in [0.717, 1.165) is 6.54 Å². The minimum Gasteiger partial charge on any atom is -0.311 e. The van der Waals surface area contributed by atoms with E-state index < -0.39 is 6.43 Å². The summed E-state index contributed by atoms with van der Waals surface area (Å²) >= 11 is 0. The van der Waals surface area contributed by atoms with Crippen LogP contribution in [0.1, 0.15) is 32.6 Å². The van der Waals surface area contributed by atoms with Crippen LogP contribution in [0.5, 0.6) is 0 Å². The third-order valence-corrected chi connectivity index (χ3v) is 2.99. The minimum atomic E-state index is -2.21. The molecule has 1 aliphatic rings. The molecule has 0 aromatic rings. The molecule has 0 aliphatic heterocycles. The Labute approximate surface area is 78.9 Å². The smallest absolute Gasteiger partial charge is 0.250 e. The van der Waals surface area contributed by atoms with Crippen molar-refractivity contribution in [3.8, 4) is 0 Å². The molecule has 0 amide bonds. The first-order valence-corrected chi connectivity index (χ1v) is 5.19. The van der Waals surface area contributed by atoms with Gasteiger partial charge in [-0.15, -0.1) is 0 Å². The van der Waals surface area contributed by atoms with Crippen molar-refractivity contribution in [1.29, 1.82) is 0 Å². The summed E-state index contributed by atoms with van der Waals surface area (Å²) in [6.07, 6.45) is 2.84. The zero-order valence-corrected chi connectivity index (χ0v) is 8.23. The lowest BCUT2D eigenvalue weighted by atomic mass is 9.80. The summed E-state index contributed by atoms with van der Waals surface area (Å²) in [6.45, 7) is 2.85. The zero-order chi connectivity index (χ0) is 9.68. The SMILES string of the molecule is CC1CCCCC1CNCC(F)F. The predicted molar refractivity (Wildman–Crippen MR) is 50.0 cm³/mol. The average molecular weight is 191 g/mol. The monoisotopic (exact) mass is 191 g/mol. The Bertz CT molecular complexity index is 139. The Hall–Kier alpha value is -0.180. The second-order valence-corrected chi connectivity index (χ2v) is 4.07. The molecule has 0 spiro atoms. The van der Waals surface area contributed by atoms with Crippen molar-refractivity contribution in [3.63, 3.8) is 0 Å². The van der Waals surface area contributed by atoms with Crippen molar-refractivity contribution < 1.29 is 8.78 Å². The van der Waals surface area contributed by atoms with Gasteiger partial charge in [0.05, 0.1) is 6.54 Å². The molecule has 13 heavy (non-hydrogen) atoms. The van der Waals surface area contributed by atoms with Crippen LogP contribution in [-0.2, 0) is 0 Å². The van der Waals surface area contributed by atoms with Crippen LogP contribution >= 0.6 is 0 Å². The number of hydrogen-bond donors (Lipinski definition) is 1. The molecular weight excluding hydrogens is 172 g/mol. The molecular formula is C10H19F2N. The van der Waals surface area contributed by atoms with Gasteiger partial charge in [-0.1, -0.05) is 26.2 Å². The molecule has 1 fully saturated rings. The third kappa shape index (κ3) is 4.03. The first-order chi connectivity index (χ1) is 6.20. The molecule has 2 unspecified atom stereocenters. The van der Waals surface area contributed by atoms with Gasteiger partial charge in [0.2, 0.25) is 0 Å². The number of nitrogens with one attached hydrogen (secondary N) is 1. The molecule has 3 heteroatoms. The highest BCUT2D eigenvalue weighted by Crippen LogP contribution is 2.28. The molecule has 1 saturated carbocycles. The number of rotatable bonds is 4. The van der Waals surface area contributed by atoms with E-state index in [2.05, 4.69) is 12.2 Å². The maximum atomic E-state index is 11.8. The molecule has 0 aromatic heterocycles. The highest BCUT2D eigenvalue weighted by molar-refractivity contribution is 4.74. The van der Waals surface area contributed by atoms with Gasteiger partial charge in [0.25, 0.3) is 6.43 Å². The molecule has 1 aliphatic carbocycles. The lowest BCUT2D eigenvalue weighted by molar-refractivity contribution is 0.139. The van der Waals surface area contributed by atoms with Crippen molar-refractivity contribution in [2.24, 2.45) is 11.8 Å².